The number of fused-ring (bicyclic) bond motifs is 3. The molecule has 0 radical (unpaired) electrons. The van der Waals surface area contributed by atoms with Crippen LogP contribution in [-0.2, 0) is 5.41 Å². The minimum Gasteiger partial charge on any atom is -0.241 e. The molecule has 0 bridgehead atoms. The van der Waals surface area contributed by atoms with Crippen molar-refractivity contribution in [3.63, 3.8) is 0 Å². The van der Waals surface area contributed by atoms with Crippen molar-refractivity contribution in [2.75, 3.05) is 0 Å². The Bertz CT molecular complexity index is 1620. The quantitative estimate of drug-likeness (QED) is 0.278. The van der Waals surface area contributed by atoms with Gasteiger partial charge in [0.1, 0.15) is 17.0 Å². The van der Waals surface area contributed by atoms with E-state index in [1.54, 1.807) is 21.5 Å². The molecule has 4 aromatic carbocycles. The summed E-state index contributed by atoms with van der Waals surface area (Å²) in [6.45, 7) is 0. The smallest absolute Gasteiger partial charge is 0.128 e. The molecule has 0 fully saturated rings. The van der Waals surface area contributed by atoms with Crippen LogP contribution in [0.4, 0.5) is 8.78 Å². The largest absolute Gasteiger partial charge is 0.241 e. The number of hydrogen-bond donors (Lipinski definition) is 0. The van der Waals surface area contributed by atoms with Crippen molar-refractivity contribution >= 4 is 0 Å². The van der Waals surface area contributed by atoms with E-state index in [-0.39, 0.29) is 0 Å². The summed E-state index contributed by atoms with van der Waals surface area (Å²) in [6.07, 6.45) is 3.64. The molecular weight excluding hydrogens is 466 g/mol. The van der Waals surface area contributed by atoms with Gasteiger partial charge in [0.05, 0.1) is 22.8 Å². The molecule has 0 saturated carbocycles. The minimum absolute atomic E-state index is 0.353. The van der Waals surface area contributed by atoms with Crippen LogP contribution in [0.5, 0.6) is 0 Å². The lowest BCUT2D eigenvalue weighted by Gasteiger charge is -2.29. The summed E-state index contributed by atoms with van der Waals surface area (Å²) in [5.41, 5.74) is 3.27. The first-order chi connectivity index (χ1) is 18.2. The second-order valence-electron chi connectivity index (χ2n) is 9.04. The van der Waals surface area contributed by atoms with Gasteiger partial charge in [-0.2, -0.15) is 10.2 Å². The summed E-state index contributed by atoms with van der Waals surface area (Å²) in [5.74, 6) is -0.867. The van der Waals surface area contributed by atoms with E-state index in [0.717, 1.165) is 11.4 Å². The lowest BCUT2D eigenvalue weighted by molar-refractivity contribution is 0.544. The van der Waals surface area contributed by atoms with Crippen LogP contribution in [0.2, 0.25) is 0 Å². The van der Waals surface area contributed by atoms with Crippen molar-refractivity contribution in [1.29, 1.82) is 0 Å². The lowest BCUT2D eigenvalue weighted by Crippen LogP contribution is -2.32. The predicted molar refractivity (Wildman–Crippen MR) is 138 cm³/mol. The van der Waals surface area contributed by atoms with Gasteiger partial charge in [-0.3, -0.25) is 0 Å². The highest BCUT2D eigenvalue weighted by Crippen LogP contribution is 2.56. The molecule has 4 nitrogen and oxygen atoms in total. The van der Waals surface area contributed by atoms with Gasteiger partial charge in [-0.1, -0.05) is 60.7 Å². The van der Waals surface area contributed by atoms with E-state index in [1.807, 2.05) is 97.3 Å². The Hall–Kier alpha value is -4.84. The Labute approximate surface area is 212 Å². The molecule has 0 N–H and O–H groups in total. The van der Waals surface area contributed by atoms with Crippen molar-refractivity contribution in [1.82, 2.24) is 19.6 Å². The summed E-state index contributed by atoms with van der Waals surface area (Å²) in [7, 11) is 0. The number of rotatable bonds is 4. The Morgan fingerprint density at radius 3 is 1.35 bits per heavy atom. The van der Waals surface area contributed by atoms with Crippen LogP contribution in [0.15, 0.2) is 122 Å². The number of aromatic nitrogens is 4. The van der Waals surface area contributed by atoms with Gasteiger partial charge in [-0.15, -0.1) is 0 Å². The summed E-state index contributed by atoms with van der Waals surface area (Å²) in [5, 5.41) is 9.81. The van der Waals surface area contributed by atoms with Crippen molar-refractivity contribution in [3.05, 3.63) is 156 Å². The first kappa shape index (κ1) is 21.4. The molecule has 1 aliphatic rings. The predicted octanol–water partition coefficient (Wildman–Crippen LogP) is 6.70. The van der Waals surface area contributed by atoms with Crippen molar-refractivity contribution < 1.29 is 8.78 Å². The van der Waals surface area contributed by atoms with E-state index in [1.165, 1.54) is 12.1 Å². The Kier molecular flexibility index (Phi) is 4.69. The normalized spacial score (nSPS) is 13.4. The van der Waals surface area contributed by atoms with Crippen LogP contribution >= 0.6 is 0 Å². The molecule has 0 aliphatic heterocycles. The van der Waals surface area contributed by atoms with Gasteiger partial charge in [-0.25, -0.2) is 18.1 Å². The average molecular weight is 487 g/mol. The fourth-order valence-corrected chi connectivity index (χ4v) is 5.52. The second-order valence-corrected chi connectivity index (χ2v) is 9.04. The van der Waals surface area contributed by atoms with Gasteiger partial charge in [-0.05, 0) is 59.7 Å². The molecule has 37 heavy (non-hydrogen) atoms. The lowest BCUT2D eigenvalue weighted by atomic mass is 9.72. The molecule has 0 atom stereocenters. The van der Waals surface area contributed by atoms with Crippen LogP contribution in [0.25, 0.3) is 22.5 Å². The molecule has 0 spiro atoms. The van der Waals surface area contributed by atoms with Crippen LogP contribution in [0, 0.1) is 11.6 Å². The third kappa shape index (κ3) is 3.05. The number of nitrogens with zero attached hydrogens (tertiary/aromatic N) is 4. The van der Waals surface area contributed by atoms with Crippen molar-refractivity contribution in [2.24, 2.45) is 0 Å². The molecule has 0 saturated heterocycles. The molecule has 7 rings (SSSR count). The zero-order valence-electron chi connectivity index (χ0n) is 19.6. The second kappa shape index (κ2) is 8.10. The van der Waals surface area contributed by atoms with Gasteiger partial charge in [0.2, 0.25) is 0 Å². The molecule has 0 amide bonds. The fourth-order valence-electron chi connectivity index (χ4n) is 5.52. The molecule has 0 unspecified atom stereocenters. The third-order valence-corrected chi connectivity index (χ3v) is 7.06. The highest BCUT2D eigenvalue weighted by molar-refractivity contribution is 5.85. The number of halogens is 2. The van der Waals surface area contributed by atoms with Gasteiger partial charge >= 0.3 is 0 Å². The Balaban J connectivity index is 1.57. The van der Waals surface area contributed by atoms with Gasteiger partial charge in [0, 0.05) is 23.5 Å². The highest BCUT2D eigenvalue weighted by Gasteiger charge is 2.53. The van der Waals surface area contributed by atoms with Gasteiger partial charge in [0.15, 0.2) is 0 Å². The molecule has 2 aromatic heterocycles. The molecular formula is C31H20F2N4. The van der Waals surface area contributed by atoms with Crippen LogP contribution in [-0.4, -0.2) is 19.6 Å². The number of benzene rings is 4. The van der Waals surface area contributed by atoms with E-state index >= 15 is 8.78 Å². The number of para-hydroxylation sites is 2. The standard InChI is InChI=1S/C31H20F2N4/c32-25-15-7-13-23-24-14-8-16-26(33)30(24)31(29(23)25,27-17-19-36(34-27)21-9-3-1-4-10-21)28-18-20-37(35-28)22-11-5-2-6-12-22/h1-20H. The minimum atomic E-state index is -1.39. The first-order valence-electron chi connectivity index (χ1n) is 12.0. The first-order valence-corrected chi connectivity index (χ1v) is 12.0. The molecule has 6 heteroatoms. The summed E-state index contributed by atoms with van der Waals surface area (Å²) >= 11 is 0. The SMILES string of the molecule is Fc1cccc2c1C(c1ccn(-c3ccccc3)n1)(c1ccn(-c3ccccc3)n1)c1c(F)cccc1-2. The molecule has 1 aliphatic carbocycles. The van der Waals surface area contributed by atoms with Crippen LogP contribution in [0.3, 0.4) is 0 Å². The molecule has 178 valence electrons. The maximum atomic E-state index is 15.9. The zero-order chi connectivity index (χ0) is 25.0. The van der Waals surface area contributed by atoms with E-state index in [2.05, 4.69) is 0 Å². The molecule has 2 heterocycles. The van der Waals surface area contributed by atoms with Crippen molar-refractivity contribution in [3.8, 4) is 22.5 Å². The Morgan fingerprint density at radius 1 is 0.486 bits per heavy atom. The summed E-state index contributed by atoms with van der Waals surface area (Å²) in [6, 6.07) is 32.8. The van der Waals surface area contributed by atoms with E-state index in [0.29, 0.717) is 33.6 Å². The Morgan fingerprint density at radius 2 is 0.919 bits per heavy atom. The van der Waals surface area contributed by atoms with E-state index in [9.17, 15) is 0 Å². The molecule has 6 aromatic rings. The fraction of sp³-hybridized carbons (Fsp3) is 0.0323. The zero-order valence-corrected chi connectivity index (χ0v) is 19.6. The van der Waals surface area contributed by atoms with E-state index in [4.69, 9.17) is 10.2 Å². The maximum absolute atomic E-state index is 15.9. The highest BCUT2D eigenvalue weighted by atomic mass is 19.1. The van der Waals surface area contributed by atoms with Crippen LogP contribution in [0.1, 0.15) is 22.5 Å². The summed E-state index contributed by atoms with van der Waals surface area (Å²) < 4.78 is 35.3. The average Bonchev–Trinajstić information content (AvgIpc) is 3.68. The third-order valence-electron chi connectivity index (χ3n) is 7.06. The van der Waals surface area contributed by atoms with Crippen LogP contribution < -0.4 is 0 Å². The van der Waals surface area contributed by atoms with E-state index < -0.39 is 17.0 Å². The maximum Gasteiger partial charge on any atom is 0.128 e. The van der Waals surface area contributed by atoms with Gasteiger partial charge in [0.25, 0.3) is 0 Å². The van der Waals surface area contributed by atoms with Crippen molar-refractivity contribution in [2.45, 2.75) is 5.41 Å². The summed E-state index contributed by atoms with van der Waals surface area (Å²) in [4.78, 5) is 0. The van der Waals surface area contributed by atoms with Gasteiger partial charge < -0.3 is 0 Å². The topological polar surface area (TPSA) is 35.6 Å². The number of hydrogen-bond acceptors (Lipinski definition) is 2. The monoisotopic (exact) mass is 486 g/mol.